The minimum Gasteiger partial charge on any atom is -0.486 e. The van der Waals surface area contributed by atoms with E-state index in [2.05, 4.69) is 10.1 Å². The van der Waals surface area contributed by atoms with Crippen LogP contribution in [0.1, 0.15) is 18.4 Å². The summed E-state index contributed by atoms with van der Waals surface area (Å²) in [6, 6.07) is 10.5. The minimum absolute atomic E-state index is 0.0365. The topological polar surface area (TPSA) is 77.1 Å². The number of alkyl halides is 2. The van der Waals surface area contributed by atoms with E-state index >= 15 is 0 Å². The van der Waals surface area contributed by atoms with Crippen LogP contribution in [-0.4, -0.2) is 42.6 Å². The highest BCUT2D eigenvalue weighted by molar-refractivity contribution is 5.99. The average molecular weight is 418 g/mol. The molecule has 2 aromatic rings. The van der Waals surface area contributed by atoms with Crippen LogP contribution >= 0.6 is 0 Å². The molecule has 7 nitrogen and oxygen atoms in total. The number of hydrogen-bond acceptors (Lipinski definition) is 5. The maximum Gasteiger partial charge on any atom is 0.387 e. The molecule has 4 rings (SSSR count). The van der Waals surface area contributed by atoms with Gasteiger partial charge in [-0.3, -0.25) is 9.59 Å². The normalized spacial score (nSPS) is 17.9. The molecule has 0 saturated carbocycles. The van der Waals surface area contributed by atoms with Crippen LogP contribution in [0.3, 0.4) is 0 Å². The molecule has 2 heterocycles. The Morgan fingerprint density at radius 1 is 1.13 bits per heavy atom. The van der Waals surface area contributed by atoms with Crippen molar-refractivity contribution >= 4 is 17.5 Å². The van der Waals surface area contributed by atoms with Gasteiger partial charge in [0.15, 0.2) is 11.5 Å². The number of carbonyl (C=O) groups excluding carboxylic acids is 2. The number of anilines is 1. The standard InChI is InChI=1S/C21H20F2N2O5/c22-21(23)30-15-4-1-13(2-5-15)12-25-16(6-8-19(25)26)20(27)24-14-3-7-17-18(11-14)29-10-9-28-17/h1-5,7,11,16,21H,6,8-10,12H2,(H,24,27). The SMILES string of the molecule is O=C(Nc1ccc2c(c1)OCCO2)C1CCC(=O)N1Cc1ccc(OC(F)F)cc1. The monoisotopic (exact) mass is 418 g/mol. The van der Waals surface area contributed by atoms with Gasteiger partial charge in [0.05, 0.1) is 0 Å². The Labute approximate surface area is 171 Å². The maximum absolute atomic E-state index is 12.8. The first-order valence-electron chi connectivity index (χ1n) is 9.53. The van der Waals surface area contributed by atoms with Crippen molar-refractivity contribution in [1.82, 2.24) is 4.90 Å². The molecule has 2 amide bonds. The summed E-state index contributed by atoms with van der Waals surface area (Å²) >= 11 is 0. The molecule has 1 atom stereocenters. The van der Waals surface area contributed by atoms with Crippen molar-refractivity contribution in [2.75, 3.05) is 18.5 Å². The number of carbonyl (C=O) groups is 2. The molecule has 9 heteroatoms. The van der Waals surface area contributed by atoms with E-state index in [0.717, 1.165) is 0 Å². The van der Waals surface area contributed by atoms with Crippen molar-refractivity contribution in [1.29, 1.82) is 0 Å². The van der Waals surface area contributed by atoms with Crippen molar-refractivity contribution in [3.05, 3.63) is 48.0 Å². The van der Waals surface area contributed by atoms with Crippen molar-refractivity contribution in [3.63, 3.8) is 0 Å². The van der Waals surface area contributed by atoms with Crippen LogP contribution in [0.4, 0.5) is 14.5 Å². The molecular weight excluding hydrogens is 398 g/mol. The molecule has 0 bridgehead atoms. The van der Waals surface area contributed by atoms with Gasteiger partial charge in [-0.2, -0.15) is 8.78 Å². The van der Waals surface area contributed by atoms with Gasteiger partial charge in [-0.15, -0.1) is 0 Å². The second-order valence-electron chi connectivity index (χ2n) is 6.95. The Kier molecular flexibility index (Phi) is 5.69. The molecule has 2 aromatic carbocycles. The van der Waals surface area contributed by atoms with Gasteiger partial charge in [0.2, 0.25) is 11.8 Å². The van der Waals surface area contributed by atoms with Crippen LogP contribution < -0.4 is 19.5 Å². The molecule has 0 aromatic heterocycles. The van der Waals surface area contributed by atoms with E-state index in [0.29, 0.717) is 42.4 Å². The third-order valence-electron chi connectivity index (χ3n) is 4.94. The summed E-state index contributed by atoms with van der Waals surface area (Å²) in [5.74, 6) is 0.788. The largest absolute Gasteiger partial charge is 0.486 e. The number of fused-ring (bicyclic) bond motifs is 1. The summed E-state index contributed by atoms with van der Waals surface area (Å²) < 4.78 is 39.9. The Bertz CT molecular complexity index is 935. The number of hydrogen-bond donors (Lipinski definition) is 1. The van der Waals surface area contributed by atoms with Crippen molar-refractivity contribution in [3.8, 4) is 17.2 Å². The lowest BCUT2D eigenvalue weighted by molar-refractivity contribution is -0.133. The molecule has 1 saturated heterocycles. The average Bonchev–Trinajstić information content (AvgIpc) is 3.09. The second-order valence-corrected chi connectivity index (χ2v) is 6.95. The van der Waals surface area contributed by atoms with Gasteiger partial charge >= 0.3 is 6.61 Å². The smallest absolute Gasteiger partial charge is 0.387 e. The third kappa shape index (κ3) is 4.45. The van der Waals surface area contributed by atoms with Crippen LogP contribution in [0.25, 0.3) is 0 Å². The van der Waals surface area contributed by atoms with E-state index < -0.39 is 12.7 Å². The van der Waals surface area contributed by atoms with Crippen LogP contribution in [0.2, 0.25) is 0 Å². The predicted molar refractivity (Wildman–Crippen MR) is 103 cm³/mol. The van der Waals surface area contributed by atoms with Crippen LogP contribution in [0.15, 0.2) is 42.5 Å². The second kappa shape index (κ2) is 8.56. The van der Waals surface area contributed by atoms with Crippen molar-refractivity contribution < 1.29 is 32.6 Å². The number of nitrogens with zero attached hydrogens (tertiary/aromatic N) is 1. The number of ether oxygens (including phenoxy) is 3. The van der Waals surface area contributed by atoms with Gasteiger partial charge in [0.25, 0.3) is 0 Å². The Morgan fingerprint density at radius 2 is 1.87 bits per heavy atom. The van der Waals surface area contributed by atoms with Crippen molar-refractivity contribution in [2.24, 2.45) is 0 Å². The molecular formula is C21H20F2N2O5. The Balaban J connectivity index is 1.42. The summed E-state index contributed by atoms with van der Waals surface area (Å²) in [5, 5.41) is 2.83. The zero-order valence-electron chi connectivity index (χ0n) is 16.0. The van der Waals surface area contributed by atoms with Crippen LogP contribution in [0, 0.1) is 0 Å². The highest BCUT2D eigenvalue weighted by Crippen LogP contribution is 2.33. The molecule has 0 aliphatic carbocycles. The number of amides is 2. The van der Waals surface area contributed by atoms with Gasteiger partial charge in [-0.1, -0.05) is 12.1 Å². The van der Waals surface area contributed by atoms with Crippen molar-refractivity contribution in [2.45, 2.75) is 32.0 Å². The van der Waals surface area contributed by atoms with Crippen LogP contribution in [-0.2, 0) is 16.1 Å². The summed E-state index contributed by atoms with van der Waals surface area (Å²) in [6.07, 6.45) is 0.674. The van der Waals surface area contributed by atoms with Gasteiger partial charge in [0.1, 0.15) is 25.0 Å². The zero-order chi connectivity index (χ0) is 21.1. The molecule has 1 N–H and O–H groups in total. The van der Waals surface area contributed by atoms with Gasteiger partial charge in [0, 0.05) is 24.7 Å². The number of rotatable bonds is 6. The highest BCUT2D eigenvalue weighted by Gasteiger charge is 2.36. The quantitative estimate of drug-likeness (QED) is 0.780. The van der Waals surface area contributed by atoms with E-state index in [1.807, 2.05) is 0 Å². The summed E-state index contributed by atoms with van der Waals surface area (Å²) in [6.45, 7) is -1.78. The van der Waals surface area contributed by atoms with Gasteiger partial charge < -0.3 is 24.4 Å². The van der Waals surface area contributed by atoms with E-state index in [4.69, 9.17) is 9.47 Å². The zero-order valence-corrected chi connectivity index (χ0v) is 16.0. The first kappa shape index (κ1) is 19.9. The number of halogens is 2. The molecule has 158 valence electrons. The van der Waals surface area contributed by atoms with E-state index in [1.165, 1.54) is 17.0 Å². The molecule has 30 heavy (non-hydrogen) atoms. The molecule has 2 aliphatic rings. The van der Waals surface area contributed by atoms with Gasteiger partial charge in [-0.05, 0) is 36.2 Å². The minimum atomic E-state index is -2.90. The fourth-order valence-electron chi connectivity index (χ4n) is 3.52. The van der Waals surface area contributed by atoms with E-state index in [1.54, 1.807) is 30.3 Å². The number of benzene rings is 2. The lowest BCUT2D eigenvalue weighted by Gasteiger charge is -2.25. The predicted octanol–water partition coefficient (Wildman–Crippen LogP) is 3.19. The number of nitrogens with one attached hydrogen (secondary N) is 1. The Morgan fingerprint density at radius 3 is 2.60 bits per heavy atom. The molecule has 0 radical (unpaired) electrons. The summed E-state index contributed by atoms with van der Waals surface area (Å²) in [4.78, 5) is 26.7. The van der Waals surface area contributed by atoms with Gasteiger partial charge in [-0.25, -0.2) is 0 Å². The third-order valence-corrected chi connectivity index (χ3v) is 4.94. The molecule has 1 fully saturated rings. The summed E-state index contributed by atoms with van der Waals surface area (Å²) in [5.41, 5.74) is 1.26. The Hall–Kier alpha value is -3.36. The molecule has 2 aliphatic heterocycles. The van der Waals surface area contributed by atoms with Crippen LogP contribution in [0.5, 0.6) is 17.2 Å². The lowest BCUT2D eigenvalue weighted by Crippen LogP contribution is -2.41. The fourth-order valence-corrected chi connectivity index (χ4v) is 3.52. The maximum atomic E-state index is 12.8. The first-order chi connectivity index (χ1) is 14.5. The molecule has 0 spiro atoms. The first-order valence-corrected chi connectivity index (χ1v) is 9.53. The molecule has 1 unspecified atom stereocenters. The highest BCUT2D eigenvalue weighted by atomic mass is 19.3. The lowest BCUT2D eigenvalue weighted by atomic mass is 10.1. The van der Waals surface area contributed by atoms with E-state index in [9.17, 15) is 18.4 Å². The number of likely N-dealkylation sites (tertiary alicyclic amines) is 1. The summed E-state index contributed by atoms with van der Waals surface area (Å²) in [7, 11) is 0. The van der Waals surface area contributed by atoms with E-state index in [-0.39, 0.29) is 30.5 Å². The fraction of sp³-hybridized carbons (Fsp3) is 0.333.